The Bertz CT molecular complexity index is 1240. The molecule has 0 aromatic heterocycles. The van der Waals surface area contributed by atoms with Crippen molar-refractivity contribution < 1.29 is 28.6 Å². The lowest BCUT2D eigenvalue weighted by molar-refractivity contribution is -0.167. The number of allylic oxidation sites excluding steroid dienone is 14. The number of ether oxygens (including phenoxy) is 3. The van der Waals surface area contributed by atoms with E-state index in [-0.39, 0.29) is 37.5 Å². The van der Waals surface area contributed by atoms with E-state index in [1.165, 1.54) is 77.0 Å². The van der Waals surface area contributed by atoms with Crippen molar-refractivity contribution >= 4 is 17.9 Å². The van der Waals surface area contributed by atoms with Gasteiger partial charge in [-0.3, -0.25) is 14.4 Å². The second-order valence-electron chi connectivity index (χ2n) is 17.1. The number of hydrogen-bond acceptors (Lipinski definition) is 6. The zero-order valence-electron chi connectivity index (χ0n) is 41.1. The molecule has 360 valence electrons. The molecule has 0 saturated heterocycles. The van der Waals surface area contributed by atoms with Crippen LogP contribution in [0.2, 0.25) is 0 Å². The topological polar surface area (TPSA) is 78.9 Å². The third kappa shape index (κ3) is 49.5. The van der Waals surface area contributed by atoms with Crippen LogP contribution in [0.25, 0.3) is 0 Å². The number of unbranched alkanes of at least 4 members (excludes halogenated alkanes) is 21. The van der Waals surface area contributed by atoms with Crippen LogP contribution in [0, 0.1) is 0 Å². The summed E-state index contributed by atoms with van der Waals surface area (Å²) in [7, 11) is 0. The average molecular weight is 877 g/mol. The molecule has 0 aromatic rings. The highest BCUT2D eigenvalue weighted by Crippen LogP contribution is 2.14. The van der Waals surface area contributed by atoms with Gasteiger partial charge in [-0.1, -0.05) is 209 Å². The molecule has 0 unspecified atom stereocenters. The first kappa shape index (κ1) is 59.6. The first-order valence-electron chi connectivity index (χ1n) is 26.1. The number of carbonyl (C=O) groups is 3. The largest absolute Gasteiger partial charge is 0.462 e. The highest BCUT2D eigenvalue weighted by atomic mass is 16.6. The second-order valence-corrected chi connectivity index (χ2v) is 17.1. The molecule has 0 aliphatic heterocycles. The lowest BCUT2D eigenvalue weighted by Gasteiger charge is -2.18. The van der Waals surface area contributed by atoms with E-state index in [1.807, 2.05) is 0 Å². The summed E-state index contributed by atoms with van der Waals surface area (Å²) in [4.78, 5) is 38.0. The molecule has 0 radical (unpaired) electrons. The Labute approximate surface area is 388 Å². The van der Waals surface area contributed by atoms with Gasteiger partial charge in [-0.2, -0.15) is 0 Å². The first-order valence-corrected chi connectivity index (χ1v) is 26.1. The Morgan fingerprint density at radius 1 is 0.333 bits per heavy atom. The van der Waals surface area contributed by atoms with Gasteiger partial charge in [0, 0.05) is 19.3 Å². The van der Waals surface area contributed by atoms with Gasteiger partial charge in [0.2, 0.25) is 0 Å². The maximum Gasteiger partial charge on any atom is 0.306 e. The molecule has 0 N–H and O–H groups in total. The van der Waals surface area contributed by atoms with Gasteiger partial charge in [-0.15, -0.1) is 0 Å². The number of esters is 3. The molecule has 0 saturated carbocycles. The lowest BCUT2D eigenvalue weighted by atomic mass is 10.1. The fourth-order valence-electron chi connectivity index (χ4n) is 6.97. The van der Waals surface area contributed by atoms with Crippen molar-refractivity contribution in [1.29, 1.82) is 0 Å². The summed E-state index contributed by atoms with van der Waals surface area (Å²) >= 11 is 0. The fraction of sp³-hybridized carbons (Fsp3) is 0.702. The summed E-state index contributed by atoms with van der Waals surface area (Å²) in [5, 5.41) is 0. The van der Waals surface area contributed by atoms with Crippen LogP contribution in [0.1, 0.15) is 239 Å². The predicted octanol–water partition coefficient (Wildman–Crippen LogP) is 17.2. The van der Waals surface area contributed by atoms with Crippen molar-refractivity contribution in [2.24, 2.45) is 0 Å². The minimum absolute atomic E-state index is 0.0936. The van der Waals surface area contributed by atoms with Crippen molar-refractivity contribution in [3.8, 4) is 0 Å². The molecule has 0 fully saturated rings. The highest BCUT2D eigenvalue weighted by Gasteiger charge is 2.19. The van der Waals surface area contributed by atoms with Crippen LogP contribution < -0.4 is 0 Å². The van der Waals surface area contributed by atoms with Gasteiger partial charge in [0.1, 0.15) is 13.2 Å². The van der Waals surface area contributed by atoms with Crippen LogP contribution >= 0.6 is 0 Å². The molecule has 6 heteroatoms. The van der Waals surface area contributed by atoms with Gasteiger partial charge in [0.25, 0.3) is 0 Å². The minimum Gasteiger partial charge on any atom is -0.462 e. The molecule has 0 bridgehead atoms. The van der Waals surface area contributed by atoms with Gasteiger partial charge in [0.15, 0.2) is 6.10 Å². The number of rotatable bonds is 46. The van der Waals surface area contributed by atoms with Gasteiger partial charge in [0.05, 0.1) is 0 Å². The molecule has 0 aromatic carbocycles. The monoisotopic (exact) mass is 877 g/mol. The van der Waals surface area contributed by atoms with E-state index in [4.69, 9.17) is 14.2 Å². The van der Waals surface area contributed by atoms with Gasteiger partial charge >= 0.3 is 17.9 Å². The molecule has 6 nitrogen and oxygen atoms in total. The third-order valence-electron chi connectivity index (χ3n) is 10.9. The molecule has 0 aliphatic rings. The van der Waals surface area contributed by atoms with Crippen molar-refractivity contribution in [2.75, 3.05) is 13.2 Å². The van der Waals surface area contributed by atoms with E-state index in [0.717, 1.165) is 122 Å². The summed E-state index contributed by atoms with van der Waals surface area (Å²) in [6.07, 6.45) is 65.6. The molecule has 0 aliphatic carbocycles. The van der Waals surface area contributed by atoms with E-state index in [0.29, 0.717) is 12.8 Å². The average Bonchev–Trinajstić information content (AvgIpc) is 3.28. The van der Waals surface area contributed by atoms with Crippen molar-refractivity contribution in [3.05, 3.63) is 85.1 Å². The van der Waals surface area contributed by atoms with Crippen LogP contribution in [-0.4, -0.2) is 37.2 Å². The summed E-state index contributed by atoms with van der Waals surface area (Å²) in [6.45, 7) is 6.45. The van der Waals surface area contributed by atoms with Crippen molar-refractivity contribution in [1.82, 2.24) is 0 Å². The van der Waals surface area contributed by atoms with E-state index in [2.05, 4.69) is 106 Å². The lowest BCUT2D eigenvalue weighted by Crippen LogP contribution is -2.30. The quantitative estimate of drug-likeness (QED) is 0.0262. The maximum atomic E-state index is 12.8. The Hall–Kier alpha value is -3.41. The Morgan fingerprint density at radius 3 is 1.02 bits per heavy atom. The fourth-order valence-corrected chi connectivity index (χ4v) is 6.97. The molecular weight excluding hydrogens is 781 g/mol. The number of hydrogen-bond donors (Lipinski definition) is 0. The zero-order chi connectivity index (χ0) is 45.8. The Morgan fingerprint density at radius 2 is 0.619 bits per heavy atom. The Kier molecular flexibility index (Phi) is 48.5. The molecule has 0 rings (SSSR count). The molecule has 1 atom stereocenters. The zero-order valence-corrected chi connectivity index (χ0v) is 41.1. The summed E-state index contributed by atoms with van der Waals surface area (Å²) in [6, 6.07) is 0. The number of carbonyl (C=O) groups excluding carboxylic acids is 3. The van der Waals surface area contributed by atoms with Crippen molar-refractivity contribution in [2.45, 2.75) is 245 Å². The summed E-state index contributed by atoms with van der Waals surface area (Å²) < 4.78 is 16.8. The van der Waals surface area contributed by atoms with Crippen LogP contribution in [0.5, 0.6) is 0 Å². The van der Waals surface area contributed by atoms with E-state index >= 15 is 0 Å². The van der Waals surface area contributed by atoms with Crippen molar-refractivity contribution in [3.63, 3.8) is 0 Å². The predicted molar refractivity (Wildman–Crippen MR) is 270 cm³/mol. The van der Waals surface area contributed by atoms with E-state index < -0.39 is 6.10 Å². The normalized spacial score (nSPS) is 12.7. The first-order chi connectivity index (χ1) is 31.0. The van der Waals surface area contributed by atoms with E-state index in [9.17, 15) is 14.4 Å². The summed E-state index contributed by atoms with van der Waals surface area (Å²) in [5.74, 6) is -0.941. The molecule has 63 heavy (non-hydrogen) atoms. The van der Waals surface area contributed by atoms with E-state index in [1.54, 1.807) is 0 Å². The van der Waals surface area contributed by atoms with Crippen LogP contribution in [0.15, 0.2) is 85.1 Å². The van der Waals surface area contributed by atoms with Crippen LogP contribution in [-0.2, 0) is 28.6 Å². The Balaban J connectivity index is 4.46. The molecule has 0 amide bonds. The standard InChI is InChI=1S/C57H96O6/c1-4-7-10-13-16-19-22-24-26-27-28-29-31-33-36-39-42-45-48-51-57(60)63-54(52-61-55(58)49-46-43-40-37-34-21-18-15-12-9-6-3)53-62-56(59)50-47-44-41-38-35-32-30-25-23-20-17-14-11-8-5-2/h7,10,16-17,19-20,24-26,28-30,33,36,54H,4-6,8-9,11-15,18,21-23,27,31-32,34-35,37-53H2,1-3H3/b10-7-,19-16-,20-17-,26-24-,29-28-,30-25-,36-33-/t54-/m0/s1. The molecule has 0 spiro atoms. The second kappa shape index (κ2) is 51.2. The SMILES string of the molecule is CC/C=C\C/C=C\C/C=C\C/C=C\C/C=C\CCCCCC(=O)O[C@H](COC(=O)CCCCCCC/C=C\C/C=C\CCCCC)COC(=O)CCCCCCCCCCCCC. The molecular formula is C57H96O6. The molecule has 0 heterocycles. The van der Waals surface area contributed by atoms with Crippen LogP contribution in [0.3, 0.4) is 0 Å². The van der Waals surface area contributed by atoms with Gasteiger partial charge < -0.3 is 14.2 Å². The van der Waals surface area contributed by atoms with Crippen LogP contribution in [0.4, 0.5) is 0 Å². The maximum absolute atomic E-state index is 12.8. The van der Waals surface area contributed by atoms with Gasteiger partial charge in [-0.25, -0.2) is 0 Å². The minimum atomic E-state index is -0.798. The summed E-state index contributed by atoms with van der Waals surface area (Å²) in [5.41, 5.74) is 0. The van der Waals surface area contributed by atoms with Gasteiger partial charge in [-0.05, 0) is 96.3 Å². The highest BCUT2D eigenvalue weighted by molar-refractivity contribution is 5.71. The smallest absolute Gasteiger partial charge is 0.306 e. The third-order valence-corrected chi connectivity index (χ3v) is 10.9.